The van der Waals surface area contributed by atoms with Crippen LogP contribution in [0.4, 0.5) is 0 Å². The molecule has 0 radical (unpaired) electrons. The third kappa shape index (κ3) is 3.12. The van der Waals surface area contributed by atoms with E-state index in [2.05, 4.69) is 10.3 Å². The molecule has 1 aliphatic rings. The van der Waals surface area contributed by atoms with Gasteiger partial charge in [0.15, 0.2) is 0 Å². The zero-order valence-corrected chi connectivity index (χ0v) is 11.3. The first-order valence-electron chi connectivity index (χ1n) is 7.02. The number of nitrogens with one attached hydrogen (secondary N) is 2. The fourth-order valence-corrected chi connectivity index (χ4v) is 2.23. The summed E-state index contributed by atoms with van der Waals surface area (Å²) in [6.45, 7) is 0.802. The summed E-state index contributed by atoms with van der Waals surface area (Å²) in [5, 5.41) is 23.2. The van der Waals surface area contributed by atoms with Gasteiger partial charge < -0.3 is 25.3 Å². The number of rotatable bonds is 7. The van der Waals surface area contributed by atoms with Gasteiger partial charge in [0.25, 0.3) is 0 Å². The average Bonchev–Trinajstić information content (AvgIpc) is 3.19. The highest BCUT2D eigenvalue weighted by molar-refractivity contribution is 5.86. The number of aliphatic hydroxyl groups excluding tert-OH is 2. The number of fused-ring (bicyclic) bond motifs is 1. The molecule has 1 saturated carbocycles. The molecule has 1 aromatic heterocycles. The second-order valence-corrected chi connectivity index (χ2v) is 5.32. The van der Waals surface area contributed by atoms with Gasteiger partial charge in [0.1, 0.15) is 18.5 Å². The average molecular weight is 276 g/mol. The van der Waals surface area contributed by atoms with E-state index in [4.69, 9.17) is 9.84 Å². The normalized spacial score (nSPS) is 16.5. The Balaban J connectivity index is 1.62. The van der Waals surface area contributed by atoms with Crippen molar-refractivity contribution in [1.29, 1.82) is 0 Å². The van der Waals surface area contributed by atoms with E-state index in [-0.39, 0.29) is 13.2 Å². The summed E-state index contributed by atoms with van der Waals surface area (Å²) in [5.41, 5.74) is 1.68. The van der Waals surface area contributed by atoms with Crippen molar-refractivity contribution < 1.29 is 14.9 Å². The molecule has 3 rings (SSSR count). The van der Waals surface area contributed by atoms with Crippen molar-refractivity contribution in [3.63, 3.8) is 0 Å². The molecule has 0 aliphatic heterocycles. The standard InChI is InChI=1S/C15H20N2O3/c18-8-11-6-13-14(17-11)2-1-3-15(13)20-9-12(19)7-16-10-4-5-10/h1-3,6,10,12,16-19H,4-5,7-9H2. The maximum Gasteiger partial charge on any atom is 0.128 e. The zero-order valence-electron chi connectivity index (χ0n) is 11.3. The van der Waals surface area contributed by atoms with Crippen LogP contribution in [0.25, 0.3) is 10.9 Å². The van der Waals surface area contributed by atoms with Crippen LogP contribution in [0.2, 0.25) is 0 Å². The van der Waals surface area contributed by atoms with Gasteiger partial charge >= 0.3 is 0 Å². The summed E-state index contributed by atoms with van der Waals surface area (Å²) in [5.74, 6) is 0.726. The molecule has 1 aromatic carbocycles. The van der Waals surface area contributed by atoms with Gasteiger partial charge in [-0.05, 0) is 31.0 Å². The molecule has 4 N–H and O–H groups in total. The van der Waals surface area contributed by atoms with Crippen LogP contribution in [-0.4, -0.2) is 40.5 Å². The largest absolute Gasteiger partial charge is 0.490 e. The molecule has 5 heteroatoms. The molecule has 108 valence electrons. The van der Waals surface area contributed by atoms with E-state index in [1.165, 1.54) is 12.8 Å². The summed E-state index contributed by atoms with van der Waals surface area (Å²) < 4.78 is 5.70. The van der Waals surface area contributed by atoms with E-state index in [1.54, 1.807) is 0 Å². The zero-order chi connectivity index (χ0) is 13.9. The second-order valence-electron chi connectivity index (χ2n) is 5.32. The molecule has 2 aromatic rings. The molecule has 0 amide bonds. The van der Waals surface area contributed by atoms with Crippen LogP contribution in [0.15, 0.2) is 24.3 Å². The van der Waals surface area contributed by atoms with Gasteiger partial charge in [0, 0.05) is 29.2 Å². The number of ether oxygens (including phenoxy) is 1. The second kappa shape index (κ2) is 5.83. The van der Waals surface area contributed by atoms with Crippen molar-refractivity contribution in [3.05, 3.63) is 30.0 Å². The van der Waals surface area contributed by atoms with Crippen molar-refractivity contribution in [2.24, 2.45) is 0 Å². The fraction of sp³-hybridized carbons (Fsp3) is 0.467. The Labute approximate surface area is 117 Å². The number of benzene rings is 1. The van der Waals surface area contributed by atoms with Crippen molar-refractivity contribution in [1.82, 2.24) is 10.3 Å². The predicted octanol–water partition coefficient (Wildman–Crippen LogP) is 1.15. The van der Waals surface area contributed by atoms with Gasteiger partial charge in [-0.15, -0.1) is 0 Å². The van der Waals surface area contributed by atoms with Crippen LogP contribution in [0.5, 0.6) is 5.75 Å². The van der Waals surface area contributed by atoms with Crippen LogP contribution in [0.3, 0.4) is 0 Å². The van der Waals surface area contributed by atoms with Crippen LogP contribution >= 0.6 is 0 Å². The van der Waals surface area contributed by atoms with E-state index in [0.717, 1.165) is 22.3 Å². The molecule has 1 atom stereocenters. The molecule has 0 spiro atoms. The maximum atomic E-state index is 9.88. The monoisotopic (exact) mass is 276 g/mol. The third-order valence-corrected chi connectivity index (χ3v) is 3.50. The lowest BCUT2D eigenvalue weighted by atomic mass is 10.2. The molecule has 1 aliphatic carbocycles. The molecule has 20 heavy (non-hydrogen) atoms. The van der Waals surface area contributed by atoms with Gasteiger partial charge in [-0.2, -0.15) is 0 Å². The van der Waals surface area contributed by atoms with Crippen molar-refractivity contribution in [2.75, 3.05) is 13.2 Å². The summed E-state index contributed by atoms with van der Waals surface area (Å²) in [7, 11) is 0. The Morgan fingerprint density at radius 1 is 1.40 bits per heavy atom. The number of aliphatic hydroxyl groups is 2. The smallest absolute Gasteiger partial charge is 0.128 e. The number of hydrogen-bond acceptors (Lipinski definition) is 4. The first-order chi connectivity index (χ1) is 9.76. The lowest BCUT2D eigenvalue weighted by Crippen LogP contribution is -2.32. The predicted molar refractivity (Wildman–Crippen MR) is 76.7 cm³/mol. The molecule has 1 unspecified atom stereocenters. The number of aromatic nitrogens is 1. The Morgan fingerprint density at radius 3 is 3.00 bits per heavy atom. The number of aromatic amines is 1. The first kappa shape index (κ1) is 13.4. The first-order valence-corrected chi connectivity index (χ1v) is 7.02. The highest BCUT2D eigenvalue weighted by Crippen LogP contribution is 2.26. The SMILES string of the molecule is OCc1cc2c(OCC(O)CNC3CC3)cccc2[nH]1. The van der Waals surface area contributed by atoms with E-state index in [0.29, 0.717) is 12.6 Å². The molecule has 1 heterocycles. The van der Waals surface area contributed by atoms with E-state index in [1.807, 2.05) is 24.3 Å². The van der Waals surface area contributed by atoms with Gasteiger partial charge in [-0.3, -0.25) is 0 Å². The Kier molecular flexibility index (Phi) is 3.91. The minimum Gasteiger partial charge on any atom is -0.490 e. The van der Waals surface area contributed by atoms with E-state index >= 15 is 0 Å². The summed E-state index contributed by atoms with van der Waals surface area (Å²) >= 11 is 0. The van der Waals surface area contributed by atoms with Gasteiger partial charge in [-0.25, -0.2) is 0 Å². The highest BCUT2D eigenvalue weighted by atomic mass is 16.5. The minimum absolute atomic E-state index is 0.0257. The minimum atomic E-state index is -0.512. The number of hydrogen-bond donors (Lipinski definition) is 4. The van der Waals surface area contributed by atoms with Crippen LogP contribution in [0, 0.1) is 0 Å². The quantitative estimate of drug-likeness (QED) is 0.612. The van der Waals surface area contributed by atoms with Crippen LogP contribution < -0.4 is 10.1 Å². The van der Waals surface area contributed by atoms with Crippen molar-refractivity contribution in [3.8, 4) is 5.75 Å². The highest BCUT2D eigenvalue weighted by Gasteiger charge is 2.21. The topological polar surface area (TPSA) is 77.5 Å². The van der Waals surface area contributed by atoms with Crippen molar-refractivity contribution >= 4 is 10.9 Å². The molecule has 0 saturated heterocycles. The van der Waals surface area contributed by atoms with Gasteiger partial charge in [-0.1, -0.05) is 6.07 Å². The Morgan fingerprint density at radius 2 is 2.25 bits per heavy atom. The Bertz CT molecular complexity index is 578. The Hall–Kier alpha value is -1.56. The van der Waals surface area contributed by atoms with E-state index in [9.17, 15) is 5.11 Å². The molecule has 1 fully saturated rings. The summed E-state index contributed by atoms with van der Waals surface area (Å²) in [4.78, 5) is 3.12. The fourth-order valence-electron chi connectivity index (χ4n) is 2.23. The van der Waals surface area contributed by atoms with Gasteiger partial charge in [0.2, 0.25) is 0 Å². The molecular formula is C15H20N2O3. The van der Waals surface area contributed by atoms with Crippen LogP contribution in [0.1, 0.15) is 18.5 Å². The lowest BCUT2D eigenvalue weighted by molar-refractivity contribution is 0.107. The summed E-state index contributed by atoms with van der Waals surface area (Å²) in [6, 6.07) is 8.17. The van der Waals surface area contributed by atoms with Crippen LogP contribution in [-0.2, 0) is 6.61 Å². The number of H-pyrrole nitrogens is 1. The van der Waals surface area contributed by atoms with Crippen molar-refractivity contribution in [2.45, 2.75) is 31.6 Å². The molecular weight excluding hydrogens is 256 g/mol. The molecule has 0 bridgehead atoms. The summed E-state index contributed by atoms with van der Waals surface area (Å²) in [6.07, 6.45) is 1.91. The maximum absolute atomic E-state index is 9.88. The lowest BCUT2D eigenvalue weighted by Gasteiger charge is -2.13. The molecule has 5 nitrogen and oxygen atoms in total. The van der Waals surface area contributed by atoms with E-state index < -0.39 is 6.10 Å². The van der Waals surface area contributed by atoms with Gasteiger partial charge in [0.05, 0.1) is 6.61 Å². The third-order valence-electron chi connectivity index (χ3n) is 3.50.